The van der Waals surface area contributed by atoms with Crippen molar-refractivity contribution in [3.8, 4) is 17.2 Å². The molecule has 0 amide bonds. The molecular formula is C21H16O5. The molecule has 26 heavy (non-hydrogen) atoms. The molecule has 0 unspecified atom stereocenters. The predicted molar refractivity (Wildman–Crippen MR) is 96.9 cm³/mol. The third-order valence-electron chi connectivity index (χ3n) is 4.68. The van der Waals surface area contributed by atoms with Crippen molar-refractivity contribution in [1.29, 1.82) is 0 Å². The van der Waals surface area contributed by atoms with Crippen LogP contribution in [0.5, 0.6) is 17.2 Å². The Kier molecular flexibility index (Phi) is 3.65. The Morgan fingerprint density at radius 3 is 1.77 bits per heavy atom. The van der Waals surface area contributed by atoms with Crippen LogP contribution in [0.4, 0.5) is 0 Å². The molecule has 5 heteroatoms. The molecule has 130 valence electrons. The molecule has 0 radical (unpaired) electrons. The molecule has 0 bridgehead atoms. The van der Waals surface area contributed by atoms with E-state index in [4.69, 9.17) is 14.2 Å². The number of ether oxygens (including phenoxy) is 3. The summed E-state index contributed by atoms with van der Waals surface area (Å²) in [6.45, 7) is 0. The van der Waals surface area contributed by atoms with Crippen LogP contribution in [0.2, 0.25) is 0 Å². The average Bonchev–Trinajstić information content (AvgIpc) is 2.69. The highest BCUT2D eigenvalue weighted by Gasteiger charge is 2.36. The lowest BCUT2D eigenvalue weighted by Gasteiger charge is -2.23. The Balaban J connectivity index is 2.06. The van der Waals surface area contributed by atoms with Gasteiger partial charge in [-0.2, -0.15) is 0 Å². The Labute approximate surface area is 150 Å². The number of hydrogen-bond donors (Lipinski definition) is 0. The maximum atomic E-state index is 13.2. The van der Waals surface area contributed by atoms with E-state index in [0.29, 0.717) is 22.6 Å². The number of methoxy groups -OCH3 is 3. The van der Waals surface area contributed by atoms with Gasteiger partial charge in [0.15, 0.2) is 23.1 Å². The van der Waals surface area contributed by atoms with Gasteiger partial charge < -0.3 is 14.2 Å². The summed E-state index contributed by atoms with van der Waals surface area (Å²) in [5, 5.41) is 1.80. The number of carbonyl (C=O) groups is 2. The second kappa shape index (κ2) is 5.88. The number of rotatable bonds is 3. The number of carbonyl (C=O) groups excluding carboxylic acids is 2. The Morgan fingerprint density at radius 1 is 0.654 bits per heavy atom. The van der Waals surface area contributed by atoms with E-state index in [-0.39, 0.29) is 28.4 Å². The van der Waals surface area contributed by atoms with Crippen molar-refractivity contribution < 1.29 is 23.8 Å². The average molecular weight is 348 g/mol. The number of hydrogen-bond acceptors (Lipinski definition) is 5. The van der Waals surface area contributed by atoms with E-state index >= 15 is 0 Å². The molecule has 0 aliphatic heterocycles. The highest BCUT2D eigenvalue weighted by molar-refractivity contribution is 6.30. The lowest BCUT2D eigenvalue weighted by Crippen LogP contribution is -2.22. The monoisotopic (exact) mass is 348 g/mol. The largest absolute Gasteiger partial charge is 0.493 e. The van der Waals surface area contributed by atoms with Crippen LogP contribution in [-0.2, 0) is 0 Å². The van der Waals surface area contributed by atoms with E-state index in [2.05, 4.69) is 0 Å². The van der Waals surface area contributed by atoms with Crippen LogP contribution in [-0.4, -0.2) is 32.9 Å². The summed E-state index contributed by atoms with van der Waals surface area (Å²) in [7, 11) is 4.37. The van der Waals surface area contributed by atoms with Gasteiger partial charge in [0.1, 0.15) is 0 Å². The van der Waals surface area contributed by atoms with Crippen LogP contribution >= 0.6 is 0 Å². The fourth-order valence-electron chi connectivity index (χ4n) is 3.46. The second-order valence-electron chi connectivity index (χ2n) is 5.97. The van der Waals surface area contributed by atoms with Crippen LogP contribution in [0.15, 0.2) is 42.5 Å². The van der Waals surface area contributed by atoms with Gasteiger partial charge in [-0.1, -0.05) is 24.3 Å². The molecule has 0 spiro atoms. The smallest absolute Gasteiger partial charge is 0.204 e. The first-order chi connectivity index (χ1) is 12.6. The van der Waals surface area contributed by atoms with Gasteiger partial charge in [-0.3, -0.25) is 9.59 Å². The molecule has 0 N–H and O–H groups in total. The summed E-state index contributed by atoms with van der Waals surface area (Å²) in [6, 6.07) is 12.7. The zero-order valence-electron chi connectivity index (χ0n) is 14.6. The van der Waals surface area contributed by atoms with Gasteiger partial charge >= 0.3 is 0 Å². The molecule has 0 heterocycles. The minimum atomic E-state index is -0.266. The topological polar surface area (TPSA) is 61.8 Å². The van der Waals surface area contributed by atoms with E-state index in [9.17, 15) is 9.59 Å². The third-order valence-corrected chi connectivity index (χ3v) is 4.68. The molecule has 0 atom stereocenters. The SMILES string of the molecule is COc1cc2c(c(OC)c1OC)C(=O)c1cc3ccccc3cc1C2=O. The lowest BCUT2D eigenvalue weighted by atomic mass is 9.82. The van der Waals surface area contributed by atoms with Gasteiger partial charge in [0, 0.05) is 16.7 Å². The Bertz CT molecular complexity index is 1080. The van der Waals surface area contributed by atoms with Gasteiger partial charge in [-0.15, -0.1) is 0 Å². The van der Waals surface area contributed by atoms with E-state index in [1.54, 1.807) is 12.1 Å². The maximum absolute atomic E-state index is 13.2. The van der Waals surface area contributed by atoms with E-state index in [1.807, 2.05) is 24.3 Å². The van der Waals surface area contributed by atoms with Crippen LogP contribution in [0.1, 0.15) is 31.8 Å². The Morgan fingerprint density at radius 2 is 1.23 bits per heavy atom. The van der Waals surface area contributed by atoms with E-state index < -0.39 is 0 Å². The van der Waals surface area contributed by atoms with Crippen molar-refractivity contribution in [1.82, 2.24) is 0 Å². The van der Waals surface area contributed by atoms with Crippen LogP contribution < -0.4 is 14.2 Å². The predicted octanol–water partition coefficient (Wildman–Crippen LogP) is 3.64. The van der Waals surface area contributed by atoms with Gasteiger partial charge in [-0.05, 0) is 29.0 Å². The zero-order chi connectivity index (χ0) is 18.4. The van der Waals surface area contributed by atoms with Crippen LogP contribution in [0, 0.1) is 0 Å². The molecule has 0 fully saturated rings. The van der Waals surface area contributed by atoms with E-state index in [1.165, 1.54) is 27.4 Å². The number of ketones is 2. The van der Waals surface area contributed by atoms with Crippen molar-refractivity contribution in [2.75, 3.05) is 21.3 Å². The fraction of sp³-hybridized carbons (Fsp3) is 0.143. The highest BCUT2D eigenvalue weighted by Crippen LogP contribution is 2.45. The first-order valence-electron chi connectivity index (χ1n) is 8.05. The van der Waals surface area contributed by atoms with Crippen molar-refractivity contribution >= 4 is 22.3 Å². The highest BCUT2D eigenvalue weighted by atomic mass is 16.5. The normalized spacial score (nSPS) is 12.6. The van der Waals surface area contributed by atoms with Gasteiger partial charge in [0.25, 0.3) is 0 Å². The van der Waals surface area contributed by atoms with Crippen molar-refractivity contribution in [2.24, 2.45) is 0 Å². The minimum absolute atomic E-state index is 0.206. The standard InChI is InChI=1S/C21H16O5/c1-24-16-10-15-17(21(26-3)20(16)25-2)19(23)14-9-12-7-5-4-6-11(12)8-13(14)18(15)22/h4-10H,1-3H3. The summed E-state index contributed by atoms with van der Waals surface area (Å²) < 4.78 is 16.1. The first kappa shape index (κ1) is 16.1. The quantitative estimate of drug-likeness (QED) is 0.566. The molecular weight excluding hydrogens is 332 g/mol. The van der Waals surface area contributed by atoms with E-state index in [0.717, 1.165) is 10.8 Å². The molecule has 1 aliphatic carbocycles. The summed E-state index contributed by atoms with van der Waals surface area (Å²) in [4.78, 5) is 26.3. The molecule has 0 aromatic heterocycles. The Hall–Kier alpha value is -3.34. The van der Waals surface area contributed by atoms with Crippen LogP contribution in [0.25, 0.3) is 10.8 Å². The fourth-order valence-corrected chi connectivity index (χ4v) is 3.46. The summed E-state index contributed by atoms with van der Waals surface area (Å²) in [6.07, 6.45) is 0. The molecule has 4 rings (SSSR count). The first-order valence-corrected chi connectivity index (χ1v) is 8.05. The van der Waals surface area contributed by atoms with Gasteiger partial charge in [-0.25, -0.2) is 0 Å². The second-order valence-corrected chi connectivity index (χ2v) is 5.97. The molecule has 5 nitrogen and oxygen atoms in total. The molecule has 3 aromatic carbocycles. The van der Waals surface area contributed by atoms with Gasteiger partial charge in [0.2, 0.25) is 5.75 Å². The molecule has 0 saturated heterocycles. The van der Waals surface area contributed by atoms with Crippen molar-refractivity contribution in [2.45, 2.75) is 0 Å². The molecule has 1 aliphatic rings. The van der Waals surface area contributed by atoms with Crippen LogP contribution in [0.3, 0.4) is 0 Å². The lowest BCUT2D eigenvalue weighted by molar-refractivity contribution is 0.0975. The minimum Gasteiger partial charge on any atom is -0.493 e. The third kappa shape index (κ3) is 2.10. The molecule has 0 saturated carbocycles. The number of fused-ring (bicyclic) bond motifs is 3. The van der Waals surface area contributed by atoms with Gasteiger partial charge in [0.05, 0.1) is 26.9 Å². The summed E-state index contributed by atoms with van der Waals surface area (Å²) in [5.41, 5.74) is 1.22. The zero-order valence-corrected chi connectivity index (χ0v) is 14.6. The molecule has 3 aromatic rings. The summed E-state index contributed by atoms with van der Waals surface area (Å²) >= 11 is 0. The van der Waals surface area contributed by atoms with Crippen molar-refractivity contribution in [3.05, 3.63) is 64.7 Å². The summed E-state index contributed by atoms with van der Waals surface area (Å²) in [5.74, 6) is 0.337. The maximum Gasteiger partial charge on any atom is 0.204 e. The number of benzene rings is 3. The van der Waals surface area contributed by atoms with Crippen molar-refractivity contribution in [3.63, 3.8) is 0 Å².